The third kappa shape index (κ3) is 3.81. The number of benzene rings is 1. The van der Waals surface area contributed by atoms with Gasteiger partial charge in [0.05, 0.1) is 18.0 Å². The third-order valence-electron chi connectivity index (χ3n) is 5.08. The van der Waals surface area contributed by atoms with Gasteiger partial charge in [0.25, 0.3) is 5.56 Å². The normalized spacial score (nSPS) is 17.2. The molecule has 1 amide bonds. The quantitative estimate of drug-likeness (QED) is 0.818. The van der Waals surface area contributed by atoms with Gasteiger partial charge in [0, 0.05) is 43.9 Å². The lowest BCUT2D eigenvalue weighted by atomic mass is 9.88. The Morgan fingerprint density at radius 3 is 2.76 bits per heavy atom. The highest BCUT2D eigenvalue weighted by Crippen LogP contribution is 2.31. The van der Waals surface area contributed by atoms with Gasteiger partial charge in [-0.25, -0.2) is 8.78 Å². The maximum Gasteiger partial charge on any atom is 0.252 e. The SMILES string of the molecule is Cc1c2c([nH]c(=O)c1[C@@H](C)C(=O)N[C@@H](C)c1ccc(F)cc1F)[CH]C=NC2C#N.[HH].[HH]. The van der Waals surface area contributed by atoms with E-state index in [1.54, 1.807) is 27.2 Å². The highest BCUT2D eigenvalue weighted by molar-refractivity contribution is 5.84. The van der Waals surface area contributed by atoms with Crippen molar-refractivity contribution in [2.75, 3.05) is 0 Å². The van der Waals surface area contributed by atoms with E-state index in [2.05, 4.69) is 21.4 Å². The fraction of sp³-hybridized carbons (Fsp3) is 0.286. The summed E-state index contributed by atoms with van der Waals surface area (Å²) in [5, 5.41) is 12.0. The lowest BCUT2D eigenvalue weighted by molar-refractivity contribution is -0.122. The maximum atomic E-state index is 14.0. The number of H-pyrrole nitrogens is 1. The number of carbonyl (C=O) groups excluding carboxylic acids is 1. The van der Waals surface area contributed by atoms with E-state index in [0.29, 0.717) is 16.8 Å². The number of carbonyl (C=O) groups is 1. The van der Waals surface area contributed by atoms with Crippen LogP contribution in [0.4, 0.5) is 8.78 Å². The van der Waals surface area contributed by atoms with Gasteiger partial charge in [-0.15, -0.1) is 0 Å². The molecule has 3 rings (SSSR count). The average Bonchev–Trinajstić information content (AvgIpc) is 2.66. The second-order valence-corrected chi connectivity index (χ2v) is 6.93. The number of pyridine rings is 1. The molecule has 1 aliphatic heterocycles. The Kier molecular flexibility index (Phi) is 5.59. The van der Waals surface area contributed by atoms with Crippen LogP contribution in [0.2, 0.25) is 0 Å². The molecule has 1 aromatic heterocycles. The number of amides is 1. The van der Waals surface area contributed by atoms with Crippen LogP contribution in [0.25, 0.3) is 0 Å². The number of aromatic nitrogens is 1. The monoisotopic (exact) mass is 401 g/mol. The molecular formula is C21H23F2N4O2. The maximum absolute atomic E-state index is 14.0. The van der Waals surface area contributed by atoms with Crippen molar-refractivity contribution in [1.82, 2.24) is 10.3 Å². The highest BCUT2D eigenvalue weighted by atomic mass is 19.1. The molecule has 0 aliphatic carbocycles. The van der Waals surface area contributed by atoms with Gasteiger partial charge in [0.1, 0.15) is 11.6 Å². The largest absolute Gasteiger partial charge is 0.349 e. The number of halogens is 2. The highest BCUT2D eigenvalue weighted by Gasteiger charge is 2.29. The summed E-state index contributed by atoms with van der Waals surface area (Å²) < 4.78 is 27.1. The van der Waals surface area contributed by atoms with Gasteiger partial charge in [-0.3, -0.25) is 14.6 Å². The third-order valence-corrected chi connectivity index (χ3v) is 5.08. The molecule has 1 radical (unpaired) electrons. The molecule has 1 aliphatic rings. The molecule has 29 heavy (non-hydrogen) atoms. The minimum atomic E-state index is -0.861. The van der Waals surface area contributed by atoms with E-state index in [9.17, 15) is 23.6 Å². The Morgan fingerprint density at radius 2 is 2.10 bits per heavy atom. The Morgan fingerprint density at radius 1 is 1.38 bits per heavy atom. The van der Waals surface area contributed by atoms with Crippen LogP contribution in [0.1, 0.15) is 62.7 Å². The molecule has 153 valence electrons. The summed E-state index contributed by atoms with van der Waals surface area (Å²) in [4.78, 5) is 32.2. The van der Waals surface area contributed by atoms with Gasteiger partial charge < -0.3 is 10.3 Å². The van der Waals surface area contributed by atoms with Crippen molar-refractivity contribution in [3.05, 3.63) is 74.6 Å². The number of aromatic amines is 1. The van der Waals surface area contributed by atoms with Gasteiger partial charge in [-0.2, -0.15) is 5.26 Å². The molecule has 0 saturated heterocycles. The number of rotatable bonds is 4. The molecule has 8 heteroatoms. The topological polar surface area (TPSA) is 98.1 Å². The van der Waals surface area contributed by atoms with Crippen molar-refractivity contribution in [3.8, 4) is 6.07 Å². The lowest BCUT2D eigenvalue weighted by Crippen LogP contribution is -2.34. The first-order valence-corrected chi connectivity index (χ1v) is 9.02. The zero-order valence-corrected chi connectivity index (χ0v) is 16.1. The van der Waals surface area contributed by atoms with Crippen molar-refractivity contribution >= 4 is 12.1 Å². The van der Waals surface area contributed by atoms with E-state index >= 15 is 0 Å². The van der Waals surface area contributed by atoms with Crippen LogP contribution in [0.5, 0.6) is 0 Å². The summed E-state index contributed by atoms with van der Waals surface area (Å²) >= 11 is 0. The van der Waals surface area contributed by atoms with E-state index in [1.165, 1.54) is 12.3 Å². The van der Waals surface area contributed by atoms with Crippen molar-refractivity contribution in [3.63, 3.8) is 0 Å². The van der Waals surface area contributed by atoms with Crippen molar-refractivity contribution in [1.29, 1.82) is 5.26 Å². The number of nitrogens with zero attached hydrogens (tertiary/aromatic N) is 2. The smallest absolute Gasteiger partial charge is 0.252 e. The van der Waals surface area contributed by atoms with E-state index in [4.69, 9.17) is 0 Å². The fourth-order valence-corrected chi connectivity index (χ4v) is 3.56. The number of hydrogen-bond donors (Lipinski definition) is 2. The average molecular weight is 401 g/mol. The molecule has 0 bridgehead atoms. The molecule has 0 fully saturated rings. The minimum Gasteiger partial charge on any atom is -0.349 e. The van der Waals surface area contributed by atoms with Gasteiger partial charge in [0.2, 0.25) is 5.91 Å². The van der Waals surface area contributed by atoms with Crippen LogP contribution >= 0.6 is 0 Å². The molecular weight excluding hydrogens is 378 g/mol. The Balaban J connectivity index is 0.00000240. The predicted octanol–water partition coefficient (Wildman–Crippen LogP) is 3.64. The second-order valence-electron chi connectivity index (χ2n) is 6.93. The predicted molar refractivity (Wildman–Crippen MR) is 108 cm³/mol. The van der Waals surface area contributed by atoms with Crippen LogP contribution in [-0.4, -0.2) is 17.1 Å². The molecule has 0 spiro atoms. The molecule has 2 N–H and O–H groups in total. The Labute approximate surface area is 169 Å². The molecule has 0 saturated carbocycles. The van der Waals surface area contributed by atoms with Gasteiger partial charge in [-0.1, -0.05) is 6.07 Å². The first-order valence-electron chi connectivity index (χ1n) is 9.02. The summed E-state index contributed by atoms with van der Waals surface area (Å²) in [6, 6.07) is 3.70. The molecule has 2 aromatic rings. The lowest BCUT2D eigenvalue weighted by Gasteiger charge is -2.23. The summed E-state index contributed by atoms with van der Waals surface area (Å²) in [6.07, 6.45) is 3.06. The van der Waals surface area contributed by atoms with Crippen LogP contribution in [0.3, 0.4) is 0 Å². The molecule has 1 unspecified atom stereocenters. The molecule has 2 heterocycles. The number of aliphatic imine (C=N–C) groups is 1. The van der Waals surface area contributed by atoms with Gasteiger partial charge >= 0.3 is 0 Å². The minimum absolute atomic E-state index is 0. The Bertz CT molecular complexity index is 1110. The first-order chi connectivity index (χ1) is 13.7. The zero-order chi connectivity index (χ0) is 21.3. The summed E-state index contributed by atoms with van der Waals surface area (Å²) in [6.45, 7) is 4.81. The summed E-state index contributed by atoms with van der Waals surface area (Å²) in [5.41, 5.74) is 1.49. The number of hydrogen-bond acceptors (Lipinski definition) is 4. The number of nitriles is 1. The zero-order valence-electron chi connectivity index (χ0n) is 16.1. The summed E-state index contributed by atoms with van der Waals surface area (Å²) in [5.74, 6) is -2.83. The van der Waals surface area contributed by atoms with E-state index in [-0.39, 0.29) is 14.0 Å². The standard InChI is InChI=1S/C21H19F2N4O2.2H2/c1-10-18(21(29)27-16-6-7-25-17(9-24)19(10)16)11(2)20(28)26-12(3)14-5-4-13(22)8-15(14)23;;/h4-8,11-12,17H,1-3H3,(H,26,28)(H,27,29);2*1H/t11-,12+,17?;;/m1../s1. The molecule has 6 nitrogen and oxygen atoms in total. The van der Waals surface area contributed by atoms with E-state index < -0.39 is 41.1 Å². The summed E-state index contributed by atoms with van der Waals surface area (Å²) in [7, 11) is 0. The number of nitrogens with one attached hydrogen (secondary N) is 2. The van der Waals surface area contributed by atoms with Crippen LogP contribution < -0.4 is 10.9 Å². The fourth-order valence-electron chi connectivity index (χ4n) is 3.56. The first kappa shape index (κ1) is 20.4. The van der Waals surface area contributed by atoms with Crippen molar-refractivity contribution in [2.24, 2.45) is 4.99 Å². The van der Waals surface area contributed by atoms with Crippen molar-refractivity contribution < 1.29 is 16.4 Å². The second kappa shape index (κ2) is 7.95. The van der Waals surface area contributed by atoms with Crippen molar-refractivity contribution in [2.45, 2.75) is 38.8 Å². The Hall–Kier alpha value is -3.34. The van der Waals surface area contributed by atoms with E-state index in [0.717, 1.165) is 12.1 Å². The van der Waals surface area contributed by atoms with Crippen LogP contribution in [-0.2, 0) is 4.79 Å². The number of fused-ring (bicyclic) bond motifs is 1. The van der Waals surface area contributed by atoms with E-state index in [1.807, 2.05) is 0 Å². The van der Waals surface area contributed by atoms with Crippen LogP contribution in [0.15, 0.2) is 28.0 Å². The molecule has 1 aromatic carbocycles. The molecule has 3 atom stereocenters. The van der Waals surface area contributed by atoms with Gasteiger partial charge in [-0.05, 0) is 32.4 Å². The van der Waals surface area contributed by atoms with Gasteiger partial charge in [0.15, 0.2) is 6.04 Å². The van der Waals surface area contributed by atoms with Crippen LogP contribution in [0, 0.1) is 36.3 Å².